The van der Waals surface area contributed by atoms with Gasteiger partial charge in [0, 0.05) is 16.8 Å². The number of thiophene rings is 1. The number of hydrogen-bond acceptors (Lipinski definition) is 5. The van der Waals surface area contributed by atoms with Gasteiger partial charge in [-0.3, -0.25) is 4.79 Å². The molecule has 0 atom stereocenters. The van der Waals surface area contributed by atoms with Gasteiger partial charge in [0.1, 0.15) is 0 Å². The molecule has 6 heteroatoms. The summed E-state index contributed by atoms with van der Waals surface area (Å²) < 4.78 is 5.40. The Kier molecular flexibility index (Phi) is 6.23. The number of carbonyl (C=O) groups is 2. The second kappa shape index (κ2) is 9.22. The summed E-state index contributed by atoms with van der Waals surface area (Å²) in [6.45, 7) is 2.38. The highest BCUT2D eigenvalue weighted by molar-refractivity contribution is 7.10. The fourth-order valence-electron chi connectivity index (χ4n) is 3.72. The van der Waals surface area contributed by atoms with Crippen molar-refractivity contribution >= 4 is 45.8 Å². The number of aromatic nitrogens is 1. The number of nitrogens with one attached hydrogen (secondary N) is 1. The first-order chi connectivity index (χ1) is 14.7. The molecule has 1 N–H and O–H groups in total. The summed E-state index contributed by atoms with van der Waals surface area (Å²) in [5.74, 6) is -0.738. The third-order valence-corrected chi connectivity index (χ3v) is 6.01. The first-order valence-electron chi connectivity index (χ1n) is 10.3. The van der Waals surface area contributed by atoms with Gasteiger partial charge in [-0.1, -0.05) is 37.6 Å². The first kappa shape index (κ1) is 20.3. The molecule has 0 radical (unpaired) electrons. The van der Waals surface area contributed by atoms with Crippen molar-refractivity contribution in [1.29, 1.82) is 0 Å². The van der Waals surface area contributed by atoms with Gasteiger partial charge >= 0.3 is 5.97 Å². The molecule has 0 fully saturated rings. The van der Waals surface area contributed by atoms with Crippen LogP contribution in [0.15, 0.2) is 41.8 Å². The molecule has 1 amide bonds. The Hall–Kier alpha value is -2.99. The van der Waals surface area contributed by atoms with E-state index in [2.05, 4.69) is 24.4 Å². The number of benzene rings is 1. The molecule has 154 valence electrons. The van der Waals surface area contributed by atoms with Gasteiger partial charge in [-0.15, -0.1) is 11.3 Å². The number of nitrogens with zero attached hydrogens (tertiary/aromatic N) is 1. The van der Waals surface area contributed by atoms with Gasteiger partial charge in [0.05, 0.1) is 16.8 Å². The van der Waals surface area contributed by atoms with E-state index in [1.165, 1.54) is 4.88 Å². The highest BCUT2D eigenvalue weighted by Crippen LogP contribution is 2.38. The lowest BCUT2D eigenvalue weighted by Crippen LogP contribution is -2.29. The number of allylic oxidation sites excluding steroid dienone is 1. The molecule has 1 aliphatic carbocycles. The summed E-state index contributed by atoms with van der Waals surface area (Å²) in [5.41, 5.74) is 4.19. The van der Waals surface area contributed by atoms with E-state index >= 15 is 0 Å². The fourth-order valence-corrected chi connectivity index (χ4v) is 4.40. The summed E-state index contributed by atoms with van der Waals surface area (Å²) in [5, 5.41) is 5.59. The number of unbranched alkanes of at least 4 members (excludes halogenated alkanes) is 1. The smallest absolute Gasteiger partial charge is 0.339 e. The van der Waals surface area contributed by atoms with Crippen molar-refractivity contribution in [2.75, 3.05) is 13.2 Å². The van der Waals surface area contributed by atoms with Crippen LogP contribution in [0.4, 0.5) is 0 Å². The van der Waals surface area contributed by atoms with Crippen LogP contribution in [0, 0.1) is 0 Å². The lowest BCUT2D eigenvalue weighted by atomic mass is 10.0. The number of rotatable bonds is 7. The van der Waals surface area contributed by atoms with Crippen LogP contribution < -0.4 is 5.32 Å². The lowest BCUT2D eigenvalue weighted by Gasteiger charge is -2.12. The highest BCUT2D eigenvalue weighted by Gasteiger charge is 2.27. The molecule has 1 aliphatic rings. The predicted octanol–water partition coefficient (Wildman–Crippen LogP) is 4.86. The Balaban J connectivity index is 1.64. The zero-order valence-corrected chi connectivity index (χ0v) is 17.8. The average Bonchev–Trinajstić information content (AvgIpc) is 3.41. The van der Waals surface area contributed by atoms with Crippen LogP contribution in [-0.2, 0) is 16.0 Å². The SMILES string of the molecule is CCCCNC(=O)COC(=O)c1c2c(nc3ccccc13)/C(=C\c1cccs1)CC2. The van der Waals surface area contributed by atoms with E-state index in [0.29, 0.717) is 12.1 Å². The molecule has 3 aromatic rings. The van der Waals surface area contributed by atoms with Gasteiger partial charge in [0.15, 0.2) is 6.61 Å². The normalized spacial score (nSPS) is 14.1. The number of ether oxygens (including phenoxy) is 1. The van der Waals surface area contributed by atoms with Gasteiger partial charge in [-0.2, -0.15) is 0 Å². The van der Waals surface area contributed by atoms with Crippen LogP contribution in [0.1, 0.15) is 52.7 Å². The molecule has 0 saturated heterocycles. The summed E-state index contributed by atoms with van der Waals surface area (Å²) in [6, 6.07) is 11.7. The van der Waals surface area contributed by atoms with E-state index in [-0.39, 0.29) is 12.5 Å². The number of esters is 1. The maximum Gasteiger partial charge on any atom is 0.339 e. The molecule has 30 heavy (non-hydrogen) atoms. The molecule has 0 saturated carbocycles. The van der Waals surface area contributed by atoms with Crippen molar-refractivity contribution in [3.05, 3.63) is 63.5 Å². The van der Waals surface area contributed by atoms with Crippen molar-refractivity contribution in [1.82, 2.24) is 10.3 Å². The minimum Gasteiger partial charge on any atom is -0.452 e. The molecule has 4 rings (SSSR count). The van der Waals surface area contributed by atoms with E-state index in [4.69, 9.17) is 9.72 Å². The first-order valence-corrected chi connectivity index (χ1v) is 11.1. The Morgan fingerprint density at radius 3 is 2.87 bits per heavy atom. The Bertz CT molecular complexity index is 1100. The van der Waals surface area contributed by atoms with E-state index in [1.54, 1.807) is 11.3 Å². The fraction of sp³-hybridized carbons (Fsp3) is 0.292. The standard InChI is InChI=1S/C24H24N2O3S/c1-2-3-12-25-21(27)15-29-24(28)22-18-8-4-5-9-20(18)26-23-16(10-11-19(22)23)14-17-7-6-13-30-17/h4-9,13-14H,2-3,10-12,15H2,1H3,(H,25,27)/b16-14-. The van der Waals surface area contributed by atoms with Crippen LogP contribution in [0.5, 0.6) is 0 Å². The third-order valence-electron chi connectivity index (χ3n) is 5.19. The summed E-state index contributed by atoms with van der Waals surface area (Å²) in [7, 11) is 0. The number of carbonyl (C=O) groups excluding carboxylic acids is 2. The molecule has 2 heterocycles. The zero-order valence-electron chi connectivity index (χ0n) is 16.9. The van der Waals surface area contributed by atoms with Crippen LogP contribution in [0.25, 0.3) is 22.6 Å². The third kappa shape index (κ3) is 4.28. The van der Waals surface area contributed by atoms with Crippen molar-refractivity contribution in [3.8, 4) is 0 Å². The molecule has 0 spiro atoms. The quantitative estimate of drug-likeness (QED) is 0.438. The maximum atomic E-state index is 13.0. The maximum absolute atomic E-state index is 13.0. The van der Waals surface area contributed by atoms with Crippen molar-refractivity contribution in [2.45, 2.75) is 32.6 Å². The van der Waals surface area contributed by atoms with Gasteiger partial charge in [0.2, 0.25) is 0 Å². The van der Waals surface area contributed by atoms with Crippen molar-refractivity contribution in [3.63, 3.8) is 0 Å². The molecule has 0 aliphatic heterocycles. The summed E-state index contributed by atoms with van der Waals surface area (Å²) in [4.78, 5) is 31.0. The van der Waals surface area contributed by atoms with Gasteiger partial charge in [-0.25, -0.2) is 9.78 Å². The molecule has 0 unspecified atom stereocenters. The number of fused-ring (bicyclic) bond motifs is 2. The van der Waals surface area contributed by atoms with Crippen molar-refractivity contribution < 1.29 is 14.3 Å². The number of hydrogen-bond donors (Lipinski definition) is 1. The molecule has 1 aromatic carbocycles. The lowest BCUT2D eigenvalue weighted by molar-refractivity contribution is -0.124. The van der Waals surface area contributed by atoms with E-state index in [1.807, 2.05) is 35.7 Å². The van der Waals surface area contributed by atoms with E-state index in [0.717, 1.165) is 53.4 Å². The van der Waals surface area contributed by atoms with E-state index < -0.39 is 5.97 Å². The monoisotopic (exact) mass is 420 g/mol. The topological polar surface area (TPSA) is 68.3 Å². The average molecular weight is 421 g/mol. The minimum absolute atomic E-state index is 0.272. The Morgan fingerprint density at radius 1 is 1.20 bits per heavy atom. The zero-order chi connectivity index (χ0) is 20.9. The number of para-hydroxylation sites is 1. The largest absolute Gasteiger partial charge is 0.452 e. The molecular weight excluding hydrogens is 396 g/mol. The van der Waals surface area contributed by atoms with Crippen LogP contribution in [0.3, 0.4) is 0 Å². The molecule has 5 nitrogen and oxygen atoms in total. The summed E-state index contributed by atoms with van der Waals surface area (Å²) in [6.07, 6.45) is 5.61. The van der Waals surface area contributed by atoms with Crippen LogP contribution >= 0.6 is 11.3 Å². The number of pyridine rings is 1. The van der Waals surface area contributed by atoms with Gasteiger partial charge in [0.25, 0.3) is 5.91 Å². The van der Waals surface area contributed by atoms with Crippen LogP contribution in [0.2, 0.25) is 0 Å². The molecule has 2 aromatic heterocycles. The van der Waals surface area contributed by atoms with Crippen molar-refractivity contribution in [2.24, 2.45) is 0 Å². The van der Waals surface area contributed by atoms with E-state index in [9.17, 15) is 9.59 Å². The van der Waals surface area contributed by atoms with Gasteiger partial charge < -0.3 is 10.1 Å². The summed E-state index contributed by atoms with van der Waals surface area (Å²) >= 11 is 1.68. The molecular formula is C24H24N2O3S. The predicted molar refractivity (Wildman–Crippen MR) is 120 cm³/mol. The Labute approximate surface area is 179 Å². The second-order valence-electron chi connectivity index (χ2n) is 7.30. The van der Waals surface area contributed by atoms with Crippen LogP contribution in [-0.4, -0.2) is 30.0 Å². The Morgan fingerprint density at radius 2 is 2.07 bits per heavy atom. The minimum atomic E-state index is -0.465. The highest BCUT2D eigenvalue weighted by atomic mass is 32.1. The van der Waals surface area contributed by atoms with Gasteiger partial charge in [-0.05, 0) is 54.0 Å². The second-order valence-corrected chi connectivity index (χ2v) is 8.28. The molecule has 0 bridgehead atoms. The number of amides is 1.